The van der Waals surface area contributed by atoms with Gasteiger partial charge in [0.15, 0.2) is 0 Å². The fraction of sp³-hybridized carbons (Fsp3) is 0.350. The third-order valence-corrected chi connectivity index (χ3v) is 4.54. The summed E-state index contributed by atoms with van der Waals surface area (Å²) >= 11 is 5.15. The topological polar surface area (TPSA) is 21.7 Å². The highest BCUT2D eigenvalue weighted by Gasteiger charge is 2.24. The second kappa shape index (κ2) is 8.81. The second-order valence-corrected chi connectivity index (χ2v) is 6.39. The van der Waals surface area contributed by atoms with Crippen molar-refractivity contribution in [3.63, 3.8) is 0 Å². The van der Waals surface area contributed by atoms with Crippen molar-refractivity contribution in [2.24, 2.45) is 0 Å². The number of benzene rings is 2. The van der Waals surface area contributed by atoms with Crippen LogP contribution in [0.3, 0.4) is 0 Å². The standard InChI is InChI=1S/C20H23NO2S/c24-20(23-19-11-5-2-6-12-19)22-15-13-18-10-7-14-21(18)16-17-8-3-1-4-9-17/h1-6,8-9,11-12,18H,7,10,13-16H2. The Labute approximate surface area is 149 Å². The zero-order valence-corrected chi connectivity index (χ0v) is 14.6. The van der Waals surface area contributed by atoms with Crippen LogP contribution in [-0.4, -0.2) is 29.3 Å². The quantitative estimate of drug-likeness (QED) is 0.725. The predicted octanol–water partition coefficient (Wildman–Crippen LogP) is 4.42. The Kier molecular flexibility index (Phi) is 6.21. The first-order valence-corrected chi connectivity index (χ1v) is 8.90. The molecule has 0 amide bonds. The number of para-hydroxylation sites is 1. The second-order valence-electron chi connectivity index (χ2n) is 6.05. The number of likely N-dealkylation sites (tertiary alicyclic amines) is 1. The number of rotatable bonds is 6. The fourth-order valence-electron chi connectivity index (χ4n) is 3.14. The molecule has 0 saturated carbocycles. The number of hydrogen-bond acceptors (Lipinski definition) is 4. The van der Waals surface area contributed by atoms with Crippen molar-refractivity contribution >= 4 is 17.5 Å². The van der Waals surface area contributed by atoms with Gasteiger partial charge in [-0.1, -0.05) is 48.5 Å². The van der Waals surface area contributed by atoms with Crippen LogP contribution in [0.1, 0.15) is 24.8 Å². The highest BCUT2D eigenvalue weighted by molar-refractivity contribution is 7.79. The van der Waals surface area contributed by atoms with Gasteiger partial charge in [-0.05, 0) is 43.5 Å². The molecule has 1 aliphatic heterocycles. The zero-order chi connectivity index (χ0) is 16.6. The van der Waals surface area contributed by atoms with Crippen molar-refractivity contribution in [3.8, 4) is 5.75 Å². The molecule has 1 heterocycles. The van der Waals surface area contributed by atoms with E-state index in [9.17, 15) is 0 Å². The van der Waals surface area contributed by atoms with Crippen LogP contribution in [0.5, 0.6) is 5.75 Å². The Morgan fingerprint density at radius 3 is 2.50 bits per heavy atom. The highest BCUT2D eigenvalue weighted by atomic mass is 32.1. The summed E-state index contributed by atoms with van der Waals surface area (Å²) in [5.74, 6) is 0.717. The lowest BCUT2D eigenvalue weighted by molar-refractivity contribution is 0.179. The van der Waals surface area contributed by atoms with E-state index in [2.05, 4.69) is 35.2 Å². The molecule has 24 heavy (non-hydrogen) atoms. The van der Waals surface area contributed by atoms with Crippen LogP contribution in [0.25, 0.3) is 0 Å². The molecule has 0 bridgehead atoms. The third-order valence-electron chi connectivity index (χ3n) is 4.34. The van der Waals surface area contributed by atoms with E-state index in [0.29, 0.717) is 18.4 Å². The van der Waals surface area contributed by atoms with Crippen LogP contribution in [0.2, 0.25) is 0 Å². The molecule has 2 aromatic rings. The lowest BCUT2D eigenvalue weighted by Gasteiger charge is -2.24. The first-order valence-electron chi connectivity index (χ1n) is 8.49. The maximum Gasteiger partial charge on any atom is 0.357 e. The molecule has 0 radical (unpaired) electrons. The van der Waals surface area contributed by atoms with Gasteiger partial charge in [-0.3, -0.25) is 4.90 Å². The van der Waals surface area contributed by atoms with Gasteiger partial charge in [0, 0.05) is 24.8 Å². The molecule has 2 aromatic carbocycles. The van der Waals surface area contributed by atoms with Gasteiger partial charge in [0.25, 0.3) is 0 Å². The van der Waals surface area contributed by atoms with Crippen molar-refractivity contribution in [3.05, 3.63) is 66.2 Å². The van der Waals surface area contributed by atoms with Gasteiger partial charge >= 0.3 is 5.24 Å². The van der Waals surface area contributed by atoms with Crippen molar-refractivity contribution in [2.45, 2.75) is 31.8 Å². The van der Waals surface area contributed by atoms with E-state index >= 15 is 0 Å². The highest BCUT2D eigenvalue weighted by Crippen LogP contribution is 2.22. The van der Waals surface area contributed by atoms with Crippen LogP contribution >= 0.6 is 12.2 Å². The van der Waals surface area contributed by atoms with Crippen LogP contribution in [0.4, 0.5) is 0 Å². The number of hydrogen-bond donors (Lipinski definition) is 0. The molecular formula is C20H23NO2S. The van der Waals surface area contributed by atoms with Crippen LogP contribution in [-0.2, 0) is 11.3 Å². The Morgan fingerprint density at radius 1 is 1.04 bits per heavy atom. The normalized spacial score (nSPS) is 17.6. The fourth-order valence-corrected chi connectivity index (χ4v) is 3.32. The molecule has 1 aliphatic rings. The Morgan fingerprint density at radius 2 is 1.75 bits per heavy atom. The summed E-state index contributed by atoms with van der Waals surface area (Å²) < 4.78 is 11.1. The van der Waals surface area contributed by atoms with Crippen molar-refractivity contribution in [2.75, 3.05) is 13.2 Å². The van der Waals surface area contributed by atoms with Crippen molar-refractivity contribution in [1.82, 2.24) is 4.90 Å². The van der Waals surface area contributed by atoms with Crippen molar-refractivity contribution in [1.29, 1.82) is 0 Å². The zero-order valence-electron chi connectivity index (χ0n) is 13.8. The Balaban J connectivity index is 1.41. The molecule has 0 aliphatic carbocycles. The van der Waals surface area contributed by atoms with E-state index in [0.717, 1.165) is 19.5 Å². The molecule has 126 valence electrons. The van der Waals surface area contributed by atoms with E-state index in [1.807, 2.05) is 30.3 Å². The summed E-state index contributed by atoms with van der Waals surface area (Å²) in [4.78, 5) is 2.54. The maximum atomic E-state index is 5.59. The number of nitrogens with zero attached hydrogens (tertiary/aromatic N) is 1. The first kappa shape index (κ1) is 16.9. The van der Waals surface area contributed by atoms with Gasteiger partial charge in [0.1, 0.15) is 5.75 Å². The molecular weight excluding hydrogens is 318 g/mol. The van der Waals surface area contributed by atoms with E-state index in [1.54, 1.807) is 0 Å². The van der Waals surface area contributed by atoms with Gasteiger partial charge in [0.05, 0.1) is 6.61 Å². The van der Waals surface area contributed by atoms with Gasteiger partial charge in [-0.15, -0.1) is 0 Å². The number of thiocarbonyl (C=S) groups is 1. The SMILES string of the molecule is S=C(OCCC1CCCN1Cc1ccccc1)Oc1ccccc1. The summed E-state index contributed by atoms with van der Waals surface area (Å²) in [6, 6.07) is 20.7. The smallest absolute Gasteiger partial charge is 0.357 e. The summed E-state index contributed by atoms with van der Waals surface area (Å²) in [5, 5.41) is 0.203. The first-order chi connectivity index (χ1) is 11.8. The number of ether oxygens (including phenoxy) is 2. The van der Waals surface area contributed by atoms with E-state index < -0.39 is 0 Å². The minimum atomic E-state index is 0.203. The lowest BCUT2D eigenvalue weighted by atomic mass is 10.1. The van der Waals surface area contributed by atoms with Crippen LogP contribution in [0.15, 0.2) is 60.7 Å². The molecule has 3 nitrogen and oxygen atoms in total. The molecule has 0 aromatic heterocycles. The van der Waals surface area contributed by atoms with Crippen LogP contribution < -0.4 is 4.74 Å². The van der Waals surface area contributed by atoms with E-state index in [1.165, 1.54) is 18.4 Å². The minimum absolute atomic E-state index is 0.203. The van der Waals surface area contributed by atoms with E-state index in [-0.39, 0.29) is 5.24 Å². The summed E-state index contributed by atoms with van der Waals surface area (Å²) in [5.41, 5.74) is 1.37. The molecule has 0 N–H and O–H groups in total. The summed E-state index contributed by atoms with van der Waals surface area (Å²) in [6.45, 7) is 2.77. The summed E-state index contributed by atoms with van der Waals surface area (Å²) in [6.07, 6.45) is 3.45. The monoisotopic (exact) mass is 341 g/mol. The molecule has 1 atom stereocenters. The molecule has 0 spiro atoms. The molecule has 1 saturated heterocycles. The van der Waals surface area contributed by atoms with Gasteiger partial charge in [-0.25, -0.2) is 0 Å². The third kappa shape index (κ3) is 5.05. The minimum Gasteiger partial charge on any atom is -0.457 e. The van der Waals surface area contributed by atoms with Crippen LogP contribution in [0, 0.1) is 0 Å². The Hall–Kier alpha value is -1.91. The lowest BCUT2D eigenvalue weighted by Crippen LogP contribution is -2.30. The Bertz CT molecular complexity index is 633. The molecule has 4 heteroatoms. The van der Waals surface area contributed by atoms with Crippen molar-refractivity contribution < 1.29 is 9.47 Å². The molecule has 3 rings (SSSR count). The average molecular weight is 341 g/mol. The summed E-state index contributed by atoms with van der Waals surface area (Å²) in [7, 11) is 0. The average Bonchev–Trinajstić information content (AvgIpc) is 3.04. The molecule has 1 unspecified atom stereocenters. The van der Waals surface area contributed by atoms with Gasteiger partial charge in [-0.2, -0.15) is 0 Å². The van der Waals surface area contributed by atoms with Gasteiger partial charge in [0.2, 0.25) is 0 Å². The maximum absolute atomic E-state index is 5.59. The molecule has 1 fully saturated rings. The largest absolute Gasteiger partial charge is 0.457 e. The van der Waals surface area contributed by atoms with E-state index in [4.69, 9.17) is 21.7 Å². The predicted molar refractivity (Wildman–Crippen MR) is 100 cm³/mol. The van der Waals surface area contributed by atoms with Gasteiger partial charge < -0.3 is 9.47 Å².